The Morgan fingerprint density at radius 2 is 1.92 bits per heavy atom. The molecule has 0 saturated carbocycles. The summed E-state index contributed by atoms with van der Waals surface area (Å²) in [7, 11) is 0. The number of alkyl halides is 3. The van der Waals surface area contributed by atoms with Gasteiger partial charge in [0.15, 0.2) is 0 Å². The van der Waals surface area contributed by atoms with Crippen LogP contribution >= 0.6 is 11.6 Å². The monoisotopic (exact) mass is 538 g/mol. The lowest BCUT2D eigenvalue weighted by atomic mass is 9.98. The smallest absolute Gasteiger partial charge is 0.368 e. The number of carbonyl (C=O) groups is 1. The first-order valence-corrected chi connectivity index (χ1v) is 12.1. The van der Waals surface area contributed by atoms with Crippen molar-refractivity contribution < 1.29 is 27.1 Å². The summed E-state index contributed by atoms with van der Waals surface area (Å²) in [5, 5.41) is -0.613. The van der Waals surface area contributed by atoms with Crippen molar-refractivity contribution in [2.75, 3.05) is 6.54 Å². The standard InChI is InChI=1S/C25H23ClF4N4O3/c1-13-11-32(12-31-13)19-3-4-20-24(36)33(7-8-34(20)23(19)35)14(2)21-5-6-22(37-21)15-9-18(27)17(26)10-16(15)25(28,29)30/h3-4,9-12,14,21-22H,5-8H2,1-2H3. The zero-order valence-corrected chi connectivity index (χ0v) is 20.7. The minimum Gasteiger partial charge on any atom is -0.368 e. The van der Waals surface area contributed by atoms with Gasteiger partial charge in [-0.1, -0.05) is 11.6 Å². The van der Waals surface area contributed by atoms with Crippen LogP contribution in [0.5, 0.6) is 0 Å². The fraction of sp³-hybridized carbons (Fsp3) is 0.400. The molecular weight excluding hydrogens is 516 g/mol. The summed E-state index contributed by atoms with van der Waals surface area (Å²) in [6, 6.07) is 4.02. The van der Waals surface area contributed by atoms with Gasteiger partial charge in [0.05, 0.1) is 40.9 Å². The van der Waals surface area contributed by atoms with E-state index in [1.807, 2.05) is 0 Å². The number of benzene rings is 1. The molecule has 2 aromatic heterocycles. The molecule has 4 heterocycles. The Balaban J connectivity index is 1.36. The van der Waals surface area contributed by atoms with E-state index < -0.39 is 40.8 Å². The van der Waals surface area contributed by atoms with E-state index in [4.69, 9.17) is 16.3 Å². The van der Waals surface area contributed by atoms with Crippen molar-refractivity contribution in [3.05, 3.63) is 80.5 Å². The number of carbonyl (C=O) groups excluding carboxylic acids is 1. The number of hydrogen-bond donors (Lipinski definition) is 0. The zero-order valence-electron chi connectivity index (χ0n) is 19.9. The average Bonchev–Trinajstić information content (AvgIpc) is 3.50. The van der Waals surface area contributed by atoms with Crippen molar-refractivity contribution in [1.29, 1.82) is 0 Å². The lowest BCUT2D eigenvalue weighted by Crippen LogP contribution is -2.52. The summed E-state index contributed by atoms with van der Waals surface area (Å²) in [6.45, 7) is 4.04. The summed E-state index contributed by atoms with van der Waals surface area (Å²) < 4.78 is 63.8. The topological polar surface area (TPSA) is 69.4 Å². The highest BCUT2D eigenvalue weighted by Crippen LogP contribution is 2.43. The fourth-order valence-corrected chi connectivity index (χ4v) is 5.25. The second kappa shape index (κ2) is 9.29. The van der Waals surface area contributed by atoms with Crippen LogP contribution < -0.4 is 5.56 Å². The third-order valence-corrected chi connectivity index (χ3v) is 7.30. The van der Waals surface area contributed by atoms with Gasteiger partial charge in [0.1, 0.15) is 17.2 Å². The minimum absolute atomic E-state index is 0.220. The normalized spacial score (nSPS) is 20.8. The summed E-state index contributed by atoms with van der Waals surface area (Å²) in [6.07, 6.45) is -2.44. The third kappa shape index (κ3) is 4.54. The molecule has 37 heavy (non-hydrogen) atoms. The van der Waals surface area contributed by atoms with Gasteiger partial charge >= 0.3 is 6.18 Å². The van der Waals surface area contributed by atoms with Crippen molar-refractivity contribution in [1.82, 2.24) is 19.0 Å². The third-order valence-electron chi connectivity index (χ3n) is 7.02. The molecule has 1 aromatic carbocycles. The number of hydrogen-bond acceptors (Lipinski definition) is 4. The van der Waals surface area contributed by atoms with Gasteiger partial charge in [-0.15, -0.1) is 0 Å². The van der Waals surface area contributed by atoms with Crippen molar-refractivity contribution >= 4 is 17.5 Å². The number of aryl methyl sites for hydroxylation is 1. The van der Waals surface area contributed by atoms with Gasteiger partial charge in [-0.2, -0.15) is 13.2 Å². The van der Waals surface area contributed by atoms with Crippen LogP contribution in [-0.2, 0) is 17.5 Å². The number of amides is 1. The SMILES string of the molecule is Cc1cn(-c2ccc3n(c2=O)CCN(C(C)C2CCC(c4cc(F)c(Cl)cc4C(F)(F)F)O2)C3=O)cn1. The molecule has 1 fully saturated rings. The molecule has 0 radical (unpaired) electrons. The molecular formula is C25H23ClF4N4O3. The van der Waals surface area contributed by atoms with Gasteiger partial charge in [-0.25, -0.2) is 9.37 Å². The summed E-state index contributed by atoms with van der Waals surface area (Å²) >= 11 is 5.60. The largest absolute Gasteiger partial charge is 0.416 e. The number of nitrogens with zero attached hydrogens (tertiary/aromatic N) is 4. The van der Waals surface area contributed by atoms with Crippen LogP contribution in [0.3, 0.4) is 0 Å². The Hall–Kier alpha value is -3.18. The highest BCUT2D eigenvalue weighted by Gasteiger charge is 2.42. The molecule has 1 saturated heterocycles. The van der Waals surface area contributed by atoms with E-state index in [0.717, 1.165) is 11.8 Å². The van der Waals surface area contributed by atoms with Crippen molar-refractivity contribution in [3.8, 4) is 5.69 Å². The number of aromatic nitrogens is 3. The molecule has 5 rings (SSSR count). The van der Waals surface area contributed by atoms with E-state index in [1.165, 1.54) is 10.9 Å². The van der Waals surface area contributed by atoms with Gasteiger partial charge in [0, 0.05) is 19.3 Å². The lowest BCUT2D eigenvalue weighted by Gasteiger charge is -2.37. The maximum absolute atomic E-state index is 14.1. The maximum Gasteiger partial charge on any atom is 0.416 e. The molecule has 3 unspecified atom stereocenters. The minimum atomic E-state index is -4.73. The molecule has 12 heteroatoms. The molecule has 0 bridgehead atoms. The highest BCUT2D eigenvalue weighted by atomic mass is 35.5. The van der Waals surface area contributed by atoms with Gasteiger partial charge in [0.2, 0.25) is 0 Å². The predicted molar refractivity (Wildman–Crippen MR) is 126 cm³/mol. The maximum atomic E-state index is 14.1. The highest BCUT2D eigenvalue weighted by molar-refractivity contribution is 6.30. The molecule has 3 aromatic rings. The second-order valence-corrected chi connectivity index (χ2v) is 9.72. The number of pyridine rings is 1. The van der Waals surface area contributed by atoms with Crippen LogP contribution in [0.1, 0.15) is 53.2 Å². The molecule has 7 nitrogen and oxygen atoms in total. The molecule has 0 N–H and O–H groups in total. The van der Waals surface area contributed by atoms with Crippen molar-refractivity contribution in [2.45, 2.75) is 57.7 Å². The van der Waals surface area contributed by atoms with Crippen LogP contribution in [-0.4, -0.2) is 43.6 Å². The van der Waals surface area contributed by atoms with Crippen LogP contribution in [0, 0.1) is 12.7 Å². The molecule has 1 amide bonds. The first-order valence-electron chi connectivity index (χ1n) is 11.7. The summed E-state index contributed by atoms with van der Waals surface area (Å²) in [5.74, 6) is -1.33. The Bertz CT molecular complexity index is 1430. The number of rotatable bonds is 4. The molecule has 0 spiro atoms. The average molecular weight is 539 g/mol. The number of fused-ring (bicyclic) bond motifs is 1. The quantitative estimate of drug-likeness (QED) is 0.442. The van der Waals surface area contributed by atoms with Gasteiger partial charge < -0.3 is 18.8 Å². The number of imidazole rings is 1. The van der Waals surface area contributed by atoms with Crippen LogP contribution in [0.15, 0.2) is 41.6 Å². The molecule has 3 atom stereocenters. The van der Waals surface area contributed by atoms with E-state index in [0.29, 0.717) is 18.2 Å². The van der Waals surface area contributed by atoms with E-state index in [1.54, 1.807) is 41.6 Å². The van der Waals surface area contributed by atoms with Crippen molar-refractivity contribution in [3.63, 3.8) is 0 Å². The van der Waals surface area contributed by atoms with E-state index >= 15 is 0 Å². The van der Waals surface area contributed by atoms with E-state index in [9.17, 15) is 27.2 Å². The Kier molecular flexibility index (Phi) is 6.39. The molecule has 0 aliphatic carbocycles. The second-order valence-electron chi connectivity index (χ2n) is 9.31. The fourth-order valence-electron chi connectivity index (χ4n) is 5.09. The Labute approximate surface area is 214 Å². The first kappa shape index (κ1) is 25.5. The van der Waals surface area contributed by atoms with Crippen LogP contribution in [0.4, 0.5) is 17.6 Å². The van der Waals surface area contributed by atoms with E-state index in [-0.39, 0.29) is 42.2 Å². The summed E-state index contributed by atoms with van der Waals surface area (Å²) in [5.41, 5.74) is -0.334. The molecule has 2 aliphatic rings. The van der Waals surface area contributed by atoms with Gasteiger partial charge in [-0.3, -0.25) is 9.59 Å². The molecule has 196 valence electrons. The Morgan fingerprint density at radius 3 is 2.59 bits per heavy atom. The lowest BCUT2D eigenvalue weighted by molar-refractivity contribution is -0.139. The first-order chi connectivity index (χ1) is 17.5. The zero-order chi connectivity index (χ0) is 26.6. The van der Waals surface area contributed by atoms with Crippen LogP contribution in [0.2, 0.25) is 5.02 Å². The molecule has 2 aliphatic heterocycles. The van der Waals surface area contributed by atoms with Crippen LogP contribution in [0.25, 0.3) is 5.69 Å². The number of ether oxygens (including phenoxy) is 1. The number of halogens is 5. The van der Waals surface area contributed by atoms with Gasteiger partial charge in [-0.05, 0) is 56.5 Å². The predicted octanol–water partition coefficient (Wildman–Crippen LogP) is 4.92. The van der Waals surface area contributed by atoms with Gasteiger partial charge in [0.25, 0.3) is 11.5 Å². The van der Waals surface area contributed by atoms with Crippen molar-refractivity contribution in [2.24, 2.45) is 0 Å². The Morgan fingerprint density at radius 1 is 1.16 bits per heavy atom. The van der Waals surface area contributed by atoms with E-state index in [2.05, 4.69) is 4.98 Å². The summed E-state index contributed by atoms with van der Waals surface area (Å²) in [4.78, 5) is 32.1.